The summed E-state index contributed by atoms with van der Waals surface area (Å²) in [6.07, 6.45) is 7.63. The van der Waals surface area contributed by atoms with Crippen molar-refractivity contribution in [2.75, 3.05) is 20.1 Å². The minimum atomic E-state index is 0.592. The molecule has 20 heavy (non-hydrogen) atoms. The lowest BCUT2D eigenvalue weighted by Gasteiger charge is -2.31. The normalized spacial score (nSPS) is 20.4. The Hall–Kier alpha value is -1.28. The quantitative estimate of drug-likeness (QED) is 0.907. The fourth-order valence-corrected chi connectivity index (χ4v) is 3.40. The highest BCUT2D eigenvalue weighted by Gasteiger charge is 2.17. The Morgan fingerprint density at radius 2 is 1.85 bits per heavy atom. The van der Waals surface area contributed by atoms with Gasteiger partial charge in [0, 0.05) is 11.7 Å². The van der Waals surface area contributed by atoms with Crippen molar-refractivity contribution in [1.29, 1.82) is 0 Å². The molecule has 0 amide bonds. The van der Waals surface area contributed by atoms with Crippen molar-refractivity contribution in [3.63, 3.8) is 0 Å². The number of rotatable bonds is 3. The summed E-state index contributed by atoms with van der Waals surface area (Å²) >= 11 is 0. The molecule has 1 aromatic rings. The highest BCUT2D eigenvalue weighted by Crippen LogP contribution is 2.24. The first-order valence-electron chi connectivity index (χ1n) is 7.98. The number of hydrogen-bond donors (Lipinski definition) is 1. The van der Waals surface area contributed by atoms with Crippen molar-refractivity contribution in [2.45, 2.75) is 44.6 Å². The number of likely N-dealkylation sites (tertiary alicyclic amines) is 1. The smallest absolute Gasteiger partial charge is 0.0343 e. The average molecular weight is 270 g/mol. The monoisotopic (exact) mass is 270 g/mol. The molecule has 0 unspecified atom stereocenters. The van der Waals surface area contributed by atoms with Gasteiger partial charge in [0.15, 0.2) is 0 Å². The van der Waals surface area contributed by atoms with E-state index in [2.05, 4.69) is 42.0 Å². The minimum absolute atomic E-state index is 0.592. The molecule has 1 aromatic carbocycles. The first kappa shape index (κ1) is 13.7. The molecular formula is C18H26N2. The Bertz CT molecular complexity index is 484. The number of nitrogens with one attached hydrogen (secondary N) is 1. The molecule has 108 valence electrons. The van der Waals surface area contributed by atoms with Crippen LogP contribution in [-0.2, 0) is 12.8 Å². The van der Waals surface area contributed by atoms with Gasteiger partial charge in [-0.15, -0.1) is 0 Å². The molecule has 0 aromatic heterocycles. The van der Waals surface area contributed by atoms with E-state index < -0.39 is 0 Å². The SMILES string of the molecule is C=C(NC1CCN(C)CC1)c1ccc2c(c1)CCCC2. The summed E-state index contributed by atoms with van der Waals surface area (Å²) in [6, 6.07) is 7.51. The Kier molecular flexibility index (Phi) is 4.11. The van der Waals surface area contributed by atoms with Crippen LogP contribution in [0.5, 0.6) is 0 Å². The second-order valence-corrected chi connectivity index (χ2v) is 6.39. The Morgan fingerprint density at radius 1 is 1.15 bits per heavy atom. The lowest BCUT2D eigenvalue weighted by atomic mass is 9.90. The summed E-state index contributed by atoms with van der Waals surface area (Å²) in [5.41, 5.74) is 5.48. The van der Waals surface area contributed by atoms with E-state index in [1.807, 2.05) is 0 Å². The molecule has 2 heteroatoms. The standard InChI is InChI=1S/C18H26N2/c1-14(19-18-9-11-20(2)12-10-18)16-8-7-15-5-3-4-6-17(15)13-16/h7-8,13,18-19H,1,3-6,9-12H2,2H3. The van der Waals surface area contributed by atoms with Crippen LogP contribution in [0, 0.1) is 0 Å². The van der Waals surface area contributed by atoms with Gasteiger partial charge in [-0.2, -0.15) is 0 Å². The third-order valence-electron chi connectivity index (χ3n) is 4.79. The van der Waals surface area contributed by atoms with Gasteiger partial charge in [0.25, 0.3) is 0 Å². The molecule has 1 aliphatic carbocycles. The Morgan fingerprint density at radius 3 is 2.60 bits per heavy atom. The molecule has 0 bridgehead atoms. The second-order valence-electron chi connectivity index (χ2n) is 6.39. The molecule has 1 fully saturated rings. The molecule has 1 N–H and O–H groups in total. The molecular weight excluding hydrogens is 244 g/mol. The van der Waals surface area contributed by atoms with Crippen LogP contribution >= 0.6 is 0 Å². The van der Waals surface area contributed by atoms with E-state index in [0.717, 1.165) is 5.70 Å². The van der Waals surface area contributed by atoms with Gasteiger partial charge in [0.05, 0.1) is 0 Å². The van der Waals surface area contributed by atoms with E-state index in [1.165, 1.54) is 57.2 Å². The molecule has 3 rings (SSSR count). The maximum Gasteiger partial charge on any atom is 0.0343 e. The van der Waals surface area contributed by atoms with E-state index in [1.54, 1.807) is 11.1 Å². The third kappa shape index (κ3) is 3.06. The molecule has 0 atom stereocenters. The molecule has 1 heterocycles. The summed E-state index contributed by atoms with van der Waals surface area (Å²) in [5, 5.41) is 3.64. The van der Waals surface area contributed by atoms with Crippen molar-refractivity contribution in [3.05, 3.63) is 41.5 Å². The zero-order valence-corrected chi connectivity index (χ0v) is 12.6. The number of nitrogens with zero attached hydrogens (tertiary/aromatic N) is 1. The van der Waals surface area contributed by atoms with Gasteiger partial charge in [-0.25, -0.2) is 0 Å². The number of aryl methyl sites for hydroxylation is 2. The van der Waals surface area contributed by atoms with E-state index in [0.29, 0.717) is 6.04 Å². The zero-order chi connectivity index (χ0) is 13.9. The Labute approximate surface area is 122 Å². The summed E-state index contributed by atoms with van der Waals surface area (Å²) in [7, 11) is 2.20. The zero-order valence-electron chi connectivity index (χ0n) is 12.6. The Balaban J connectivity index is 1.65. The van der Waals surface area contributed by atoms with Gasteiger partial charge in [-0.05, 0) is 81.4 Å². The van der Waals surface area contributed by atoms with Crippen LogP contribution < -0.4 is 5.32 Å². The summed E-state index contributed by atoms with van der Waals surface area (Å²) < 4.78 is 0. The van der Waals surface area contributed by atoms with E-state index in [9.17, 15) is 0 Å². The second kappa shape index (κ2) is 6.01. The van der Waals surface area contributed by atoms with E-state index >= 15 is 0 Å². The predicted molar refractivity (Wildman–Crippen MR) is 85.8 cm³/mol. The summed E-state index contributed by atoms with van der Waals surface area (Å²) in [6.45, 7) is 6.64. The number of hydrogen-bond acceptors (Lipinski definition) is 2. The highest BCUT2D eigenvalue weighted by molar-refractivity contribution is 5.63. The average Bonchev–Trinajstić information content (AvgIpc) is 2.49. The van der Waals surface area contributed by atoms with Crippen LogP contribution in [0.2, 0.25) is 0 Å². The van der Waals surface area contributed by atoms with Crippen LogP contribution in [0.25, 0.3) is 5.70 Å². The minimum Gasteiger partial charge on any atom is -0.382 e. The first-order valence-corrected chi connectivity index (χ1v) is 7.98. The van der Waals surface area contributed by atoms with Crippen molar-refractivity contribution in [3.8, 4) is 0 Å². The fraction of sp³-hybridized carbons (Fsp3) is 0.556. The van der Waals surface area contributed by atoms with Crippen LogP contribution in [0.4, 0.5) is 0 Å². The molecule has 0 saturated carbocycles. The van der Waals surface area contributed by atoms with Gasteiger partial charge >= 0.3 is 0 Å². The molecule has 2 aliphatic rings. The van der Waals surface area contributed by atoms with Gasteiger partial charge < -0.3 is 10.2 Å². The summed E-state index contributed by atoms with van der Waals surface area (Å²) in [4.78, 5) is 2.40. The molecule has 0 radical (unpaired) electrons. The largest absolute Gasteiger partial charge is 0.382 e. The van der Waals surface area contributed by atoms with Crippen LogP contribution in [-0.4, -0.2) is 31.1 Å². The molecule has 0 spiro atoms. The topological polar surface area (TPSA) is 15.3 Å². The van der Waals surface area contributed by atoms with E-state index in [4.69, 9.17) is 0 Å². The first-order chi connectivity index (χ1) is 9.72. The molecule has 1 saturated heterocycles. The summed E-state index contributed by atoms with van der Waals surface area (Å²) in [5.74, 6) is 0. The van der Waals surface area contributed by atoms with Gasteiger partial charge in [-0.3, -0.25) is 0 Å². The number of fused-ring (bicyclic) bond motifs is 1. The lowest BCUT2D eigenvalue weighted by Crippen LogP contribution is -2.39. The van der Waals surface area contributed by atoms with Crippen LogP contribution in [0.15, 0.2) is 24.8 Å². The third-order valence-corrected chi connectivity index (χ3v) is 4.79. The van der Waals surface area contributed by atoms with Crippen molar-refractivity contribution in [1.82, 2.24) is 10.2 Å². The van der Waals surface area contributed by atoms with Crippen LogP contribution in [0.1, 0.15) is 42.4 Å². The van der Waals surface area contributed by atoms with Crippen molar-refractivity contribution < 1.29 is 0 Å². The van der Waals surface area contributed by atoms with Crippen molar-refractivity contribution >= 4 is 5.70 Å². The predicted octanol–water partition coefficient (Wildman–Crippen LogP) is 3.22. The van der Waals surface area contributed by atoms with Gasteiger partial charge in [0.1, 0.15) is 0 Å². The van der Waals surface area contributed by atoms with Gasteiger partial charge in [0.2, 0.25) is 0 Å². The lowest BCUT2D eigenvalue weighted by molar-refractivity contribution is 0.245. The maximum atomic E-state index is 4.26. The maximum absolute atomic E-state index is 4.26. The van der Waals surface area contributed by atoms with Gasteiger partial charge in [-0.1, -0.05) is 18.7 Å². The number of benzene rings is 1. The number of piperidine rings is 1. The molecule has 2 nitrogen and oxygen atoms in total. The van der Waals surface area contributed by atoms with Crippen molar-refractivity contribution in [2.24, 2.45) is 0 Å². The van der Waals surface area contributed by atoms with Crippen LogP contribution in [0.3, 0.4) is 0 Å². The fourth-order valence-electron chi connectivity index (χ4n) is 3.40. The molecule has 1 aliphatic heterocycles. The highest BCUT2D eigenvalue weighted by atomic mass is 15.1. The van der Waals surface area contributed by atoms with E-state index in [-0.39, 0.29) is 0 Å².